The predicted octanol–water partition coefficient (Wildman–Crippen LogP) is 4.67. The van der Waals surface area contributed by atoms with E-state index < -0.39 is 11.8 Å². The highest BCUT2D eigenvalue weighted by atomic mass is 35.5. The Morgan fingerprint density at radius 2 is 1.78 bits per heavy atom. The summed E-state index contributed by atoms with van der Waals surface area (Å²) in [4.78, 5) is 23.9. The molecule has 0 aliphatic rings. The van der Waals surface area contributed by atoms with Gasteiger partial charge in [0, 0.05) is 16.8 Å². The van der Waals surface area contributed by atoms with Gasteiger partial charge in [0.25, 0.3) is 0 Å². The normalized spacial score (nSPS) is 10.6. The average Bonchev–Trinajstić information content (AvgIpc) is 2.79. The second-order valence-electron chi connectivity index (χ2n) is 6.49. The van der Waals surface area contributed by atoms with E-state index in [0.29, 0.717) is 39.4 Å². The van der Waals surface area contributed by atoms with Crippen molar-refractivity contribution in [2.45, 2.75) is 6.61 Å². The monoisotopic (exact) mass is 471 g/mol. The van der Waals surface area contributed by atoms with E-state index >= 15 is 0 Å². The van der Waals surface area contributed by atoms with Gasteiger partial charge in [-0.25, -0.2) is 5.43 Å². The molecule has 0 aromatic heterocycles. The molecule has 0 radical (unpaired) electrons. The Morgan fingerprint density at radius 3 is 2.50 bits per heavy atom. The van der Waals surface area contributed by atoms with E-state index in [1.54, 1.807) is 54.6 Å². The van der Waals surface area contributed by atoms with Crippen LogP contribution >= 0.6 is 23.2 Å². The number of amides is 2. The van der Waals surface area contributed by atoms with Gasteiger partial charge in [-0.05, 0) is 53.6 Å². The molecule has 9 heteroatoms. The topological polar surface area (TPSA) is 89.0 Å². The Morgan fingerprint density at radius 1 is 1.00 bits per heavy atom. The van der Waals surface area contributed by atoms with Crippen molar-refractivity contribution in [3.63, 3.8) is 0 Å². The number of hydrogen-bond donors (Lipinski definition) is 2. The Labute approximate surface area is 194 Å². The summed E-state index contributed by atoms with van der Waals surface area (Å²) in [5, 5.41) is 7.28. The second kappa shape index (κ2) is 11.2. The SMILES string of the molecule is COc1cccc(NC(=O)C(=O)N/N=C\c2ccc(OCc3ccc(Cl)cc3)c(Cl)c2)c1. The van der Waals surface area contributed by atoms with Crippen molar-refractivity contribution in [3.05, 3.63) is 87.9 Å². The van der Waals surface area contributed by atoms with Crippen molar-refractivity contribution in [2.24, 2.45) is 5.10 Å². The van der Waals surface area contributed by atoms with E-state index in [9.17, 15) is 9.59 Å². The van der Waals surface area contributed by atoms with E-state index in [4.69, 9.17) is 32.7 Å². The van der Waals surface area contributed by atoms with E-state index in [0.717, 1.165) is 5.56 Å². The number of halogens is 2. The first-order chi connectivity index (χ1) is 15.4. The minimum atomic E-state index is -0.918. The largest absolute Gasteiger partial charge is 0.497 e. The molecule has 3 aromatic carbocycles. The first-order valence-corrected chi connectivity index (χ1v) is 10.2. The lowest BCUT2D eigenvalue weighted by Crippen LogP contribution is -2.32. The third kappa shape index (κ3) is 6.73. The van der Waals surface area contributed by atoms with Gasteiger partial charge in [0.1, 0.15) is 18.1 Å². The second-order valence-corrected chi connectivity index (χ2v) is 7.33. The third-order valence-electron chi connectivity index (χ3n) is 4.18. The summed E-state index contributed by atoms with van der Waals surface area (Å²) in [6, 6.07) is 19.0. The number of anilines is 1. The van der Waals surface area contributed by atoms with Crippen LogP contribution in [0.2, 0.25) is 10.0 Å². The van der Waals surface area contributed by atoms with Gasteiger partial charge in [0.15, 0.2) is 0 Å². The maximum absolute atomic E-state index is 12.0. The Balaban J connectivity index is 1.52. The van der Waals surface area contributed by atoms with Crippen LogP contribution < -0.4 is 20.2 Å². The minimum absolute atomic E-state index is 0.336. The first-order valence-electron chi connectivity index (χ1n) is 9.40. The van der Waals surface area contributed by atoms with Crippen molar-refractivity contribution in [1.82, 2.24) is 5.43 Å². The lowest BCUT2D eigenvalue weighted by molar-refractivity contribution is -0.136. The number of carbonyl (C=O) groups excluding carboxylic acids is 2. The van der Waals surface area contributed by atoms with Crippen LogP contribution in [0.3, 0.4) is 0 Å². The number of carbonyl (C=O) groups is 2. The number of rotatable bonds is 7. The molecule has 0 aliphatic carbocycles. The molecule has 0 unspecified atom stereocenters. The molecule has 0 aliphatic heterocycles. The molecule has 2 amide bonds. The maximum atomic E-state index is 12.0. The van der Waals surface area contributed by atoms with Crippen LogP contribution in [-0.2, 0) is 16.2 Å². The zero-order valence-corrected chi connectivity index (χ0v) is 18.5. The fraction of sp³-hybridized carbons (Fsp3) is 0.0870. The summed E-state index contributed by atoms with van der Waals surface area (Å²) in [5.74, 6) is -0.725. The van der Waals surface area contributed by atoms with Gasteiger partial charge in [0.05, 0.1) is 18.3 Å². The molecule has 7 nitrogen and oxygen atoms in total. The minimum Gasteiger partial charge on any atom is -0.497 e. The number of benzene rings is 3. The first kappa shape index (κ1) is 23.1. The molecule has 0 saturated carbocycles. The molecular weight excluding hydrogens is 453 g/mol. The van der Waals surface area contributed by atoms with Gasteiger partial charge < -0.3 is 14.8 Å². The number of nitrogens with one attached hydrogen (secondary N) is 2. The van der Waals surface area contributed by atoms with Gasteiger partial charge in [-0.15, -0.1) is 0 Å². The van der Waals surface area contributed by atoms with Crippen LogP contribution in [-0.4, -0.2) is 25.1 Å². The van der Waals surface area contributed by atoms with E-state index in [1.807, 2.05) is 12.1 Å². The fourth-order valence-electron chi connectivity index (χ4n) is 2.56. The lowest BCUT2D eigenvalue weighted by Gasteiger charge is -2.09. The van der Waals surface area contributed by atoms with Crippen molar-refractivity contribution < 1.29 is 19.1 Å². The van der Waals surface area contributed by atoms with Crippen molar-refractivity contribution in [2.75, 3.05) is 12.4 Å². The standard InChI is InChI=1S/C23H19Cl2N3O4/c1-31-19-4-2-3-18(12-19)27-22(29)23(30)28-26-13-16-7-10-21(20(25)11-16)32-14-15-5-8-17(24)9-6-15/h2-13H,14H2,1H3,(H,27,29)(H,28,30)/b26-13-. The summed E-state index contributed by atoms with van der Waals surface area (Å²) < 4.78 is 10.8. The number of methoxy groups -OCH3 is 1. The van der Waals surface area contributed by atoms with E-state index in [-0.39, 0.29) is 0 Å². The lowest BCUT2D eigenvalue weighted by atomic mass is 10.2. The highest BCUT2D eigenvalue weighted by molar-refractivity contribution is 6.39. The van der Waals surface area contributed by atoms with Crippen molar-refractivity contribution in [3.8, 4) is 11.5 Å². The smallest absolute Gasteiger partial charge is 0.329 e. The van der Waals surface area contributed by atoms with Crippen LogP contribution in [0.25, 0.3) is 0 Å². The van der Waals surface area contributed by atoms with Crippen LogP contribution in [0.1, 0.15) is 11.1 Å². The number of hydrazone groups is 1. The zero-order chi connectivity index (χ0) is 22.9. The molecule has 3 aromatic rings. The highest BCUT2D eigenvalue weighted by Crippen LogP contribution is 2.26. The van der Waals surface area contributed by atoms with Crippen molar-refractivity contribution >= 4 is 46.9 Å². The van der Waals surface area contributed by atoms with Gasteiger partial charge in [-0.2, -0.15) is 5.10 Å². The number of nitrogens with zero attached hydrogens (tertiary/aromatic N) is 1. The molecule has 2 N–H and O–H groups in total. The molecule has 0 spiro atoms. The van der Waals surface area contributed by atoms with Crippen LogP contribution in [0.15, 0.2) is 71.8 Å². The highest BCUT2D eigenvalue weighted by Gasteiger charge is 2.13. The van der Waals surface area contributed by atoms with Crippen LogP contribution in [0.5, 0.6) is 11.5 Å². The molecule has 0 heterocycles. The molecule has 164 valence electrons. The fourth-order valence-corrected chi connectivity index (χ4v) is 2.93. The van der Waals surface area contributed by atoms with E-state index in [2.05, 4.69) is 15.8 Å². The maximum Gasteiger partial charge on any atom is 0.329 e. The molecule has 0 fully saturated rings. The zero-order valence-electron chi connectivity index (χ0n) is 17.0. The quantitative estimate of drug-likeness (QED) is 0.297. The third-order valence-corrected chi connectivity index (χ3v) is 4.72. The summed E-state index contributed by atoms with van der Waals surface area (Å²) >= 11 is 12.1. The van der Waals surface area contributed by atoms with Crippen LogP contribution in [0, 0.1) is 0 Å². The Bertz CT molecular complexity index is 1130. The Kier molecular flexibility index (Phi) is 8.08. The van der Waals surface area contributed by atoms with Gasteiger partial charge >= 0.3 is 11.8 Å². The summed E-state index contributed by atoms with van der Waals surface area (Å²) in [6.07, 6.45) is 1.37. The average molecular weight is 472 g/mol. The predicted molar refractivity (Wildman–Crippen MR) is 125 cm³/mol. The number of hydrogen-bond acceptors (Lipinski definition) is 5. The van der Waals surface area contributed by atoms with Gasteiger partial charge in [-0.3, -0.25) is 9.59 Å². The summed E-state index contributed by atoms with van der Waals surface area (Å²) in [5.41, 5.74) is 4.16. The number of ether oxygens (including phenoxy) is 2. The molecular formula is C23H19Cl2N3O4. The Hall–Kier alpha value is -3.55. The summed E-state index contributed by atoms with van der Waals surface area (Å²) in [7, 11) is 1.51. The molecule has 0 saturated heterocycles. The summed E-state index contributed by atoms with van der Waals surface area (Å²) in [6.45, 7) is 0.336. The molecule has 0 bridgehead atoms. The van der Waals surface area contributed by atoms with E-state index in [1.165, 1.54) is 13.3 Å². The molecule has 0 atom stereocenters. The molecule has 3 rings (SSSR count). The van der Waals surface area contributed by atoms with Gasteiger partial charge in [-0.1, -0.05) is 41.4 Å². The van der Waals surface area contributed by atoms with Crippen LogP contribution in [0.4, 0.5) is 5.69 Å². The van der Waals surface area contributed by atoms with Crippen molar-refractivity contribution in [1.29, 1.82) is 0 Å². The van der Waals surface area contributed by atoms with Gasteiger partial charge in [0.2, 0.25) is 0 Å². The molecule has 32 heavy (non-hydrogen) atoms.